The van der Waals surface area contributed by atoms with Gasteiger partial charge in [-0.15, -0.1) is 11.3 Å². The lowest BCUT2D eigenvalue weighted by atomic mass is 10.1. The largest absolute Gasteiger partial charge is 0.327 e. The van der Waals surface area contributed by atoms with E-state index in [1.807, 2.05) is 0 Å². The first-order valence-corrected chi connectivity index (χ1v) is 10.9. The van der Waals surface area contributed by atoms with Crippen LogP contribution < -0.4 is 5.32 Å². The summed E-state index contributed by atoms with van der Waals surface area (Å²) in [7, 11) is -3.43. The lowest BCUT2D eigenvalue weighted by molar-refractivity contribution is -0.119. The van der Waals surface area contributed by atoms with Gasteiger partial charge in [0.05, 0.1) is 4.90 Å². The van der Waals surface area contributed by atoms with E-state index in [1.54, 1.807) is 30.6 Å². The Hall–Kier alpha value is -2.26. The van der Waals surface area contributed by atoms with Gasteiger partial charge in [-0.1, -0.05) is 6.07 Å². The molecule has 1 atom stereocenters. The van der Waals surface area contributed by atoms with Crippen LogP contribution in [0.15, 0.2) is 34.7 Å². The minimum absolute atomic E-state index is 0.131. The summed E-state index contributed by atoms with van der Waals surface area (Å²) in [6.07, 6.45) is 3.99. The molecule has 1 fully saturated rings. The molecule has 2 amide bonds. The van der Waals surface area contributed by atoms with Gasteiger partial charge < -0.3 is 10.2 Å². The van der Waals surface area contributed by atoms with Crippen LogP contribution in [0.25, 0.3) is 0 Å². The molecular weight excluding hydrogens is 374 g/mol. The maximum atomic E-state index is 12.9. The minimum Gasteiger partial charge on any atom is -0.327 e. The first-order valence-electron chi connectivity index (χ1n) is 8.09. The normalized spacial score (nSPS) is 17.3. The molecule has 1 saturated heterocycles. The van der Waals surface area contributed by atoms with E-state index in [0.717, 1.165) is 6.26 Å². The van der Waals surface area contributed by atoms with E-state index in [0.29, 0.717) is 30.1 Å². The van der Waals surface area contributed by atoms with Gasteiger partial charge in [0.25, 0.3) is 5.91 Å². The molecule has 0 spiro atoms. The van der Waals surface area contributed by atoms with E-state index in [2.05, 4.69) is 10.3 Å². The van der Waals surface area contributed by atoms with Crippen molar-refractivity contribution in [3.8, 4) is 0 Å². The van der Waals surface area contributed by atoms with Crippen molar-refractivity contribution in [3.63, 3.8) is 0 Å². The Morgan fingerprint density at radius 2 is 2.12 bits per heavy atom. The van der Waals surface area contributed by atoms with Gasteiger partial charge in [0.15, 0.2) is 15.0 Å². The smallest absolute Gasteiger partial charge is 0.254 e. The number of hydrogen-bond acceptors (Lipinski definition) is 6. The van der Waals surface area contributed by atoms with Gasteiger partial charge in [0, 0.05) is 29.9 Å². The summed E-state index contributed by atoms with van der Waals surface area (Å²) in [6, 6.07) is 4.01. The number of aryl methyl sites for hydroxylation is 1. The zero-order valence-electron chi connectivity index (χ0n) is 14.4. The van der Waals surface area contributed by atoms with Crippen molar-refractivity contribution in [2.24, 2.45) is 0 Å². The SMILES string of the molecule is Cc1ccc(C(=O)N2CCCC2C(=O)Nc2nccs2)cc1S(C)(=O)=O. The standard InChI is InChI=1S/C17H19N3O4S2/c1-11-5-6-12(10-14(11)26(2,23)24)16(22)20-8-3-4-13(20)15(21)19-17-18-7-9-25-17/h5-7,9-10,13H,3-4,8H2,1-2H3,(H,18,19,21). The van der Waals surface area contributed by atoms with Crippen molar-refractivity contribution in [2.45, 2.75) is 30.7 Å². The van der Waals surface area contributed by atoms with Gasteiger partial charge in [-0.2, -0.15) is 0 Å². The Balaban J connectivity index is 1.83. The molecule has 1 aromatic carbocycles. The van der Waals surface area contributed by atoms with Crippen molar-refractivity contribution in [1.29, 1.82) is 0 Å². The van der Waals surface area contributed by atoms with E-state index >= 15 is 0 Å². The molecule has 138 valence electrons. The highest BCUT2D eigenvalue weighted by Gasteiger charge is 2.35. The molecule has 2 aromatic rings. The van der Waals surface area contributed by atoms with Gasteiger partial charge in [0.2, 0.25) is 5.91 Å². The van der Waals surface area contributed by atoms with Crippen LogP contribution in [-0.2, 0) is 14.6 Å². The lowest BCUT2D eigenvalue weighted by Gasteiger charge is -2.24. The number of aromatic nitrogens is 1. The first-order chi connectivity index (χ1) is 12.3. The molecule has 9 heteroatoms. The second kappa shape index (κ2) is 7.16. The summed E-state index contributed by atoms with van der Waals surface area (Å²) in [6.45, 7) is 2.14. The molecule has 0 bridgehead atoms. The van der Waals surface area contributed by atoms with Crippen LogP contribution in [-0.4, -0.2) is 49.0 Å². The number of thiazole rings is 1. The predicted octanol–water partition coefficient (Wildman–Crippen LogP) is 2.10. The molecule has 1 N–H and O–H groups in total. The fraction of sp³-hybridized carbons (Fsp3) is 0.353. The van der Waals surface area contributed by atoms with Crippen LogP contribution in [0.3, 0.4) is 0 Å². The molecule has 26 heavy (non-hydrogen) atoms. The average Bonchev–Trinajstić information content (AvgIpc) is 3.24. The molecular formula is C17H19N3O4S2. The Kier molecular flexibility index (Phi) is 5.10. The number of nitrogens with zero attached hydrogens (tertiary/aromatic N) is 2. The van der Waals surface area contributed by atoms with Crippen molar-refractivity contribution in [1.82, 2.24) is 9.88 Å². The number of carbonyl (C=O) groups excluding carboxylic acids is 2. The van der Waals surface area contributed by atoms with Gasteiger partial charge in [-0.05, 0) is 37.5 Å². The monoisotopic (exact) mass is 393 g/mol. The summed E-state index contributed by atoms with van der Waals surface area (Å²) >= 11 is 1.31. The second-order valence-electron chi connectivity index (χ2n) is 6.24. The van der Waals surface area contributed by atoms with Crippen LogP contribution >= 0.6 is 11.3 Å². The molecule has 0 radical (unpaired) electrons. The van der Waals surface area contributed by atoms with E-state index in [-0.39, 0.29) is 22.3 Å². The van der Waals surface area contributed by atoms with Gasteiger partial charge >= 0.3 is 0 Å². The quantitative estimate of drug-likeness (QED) is 0.858. The third-order valence-corrected chi connectivity index (χ3v) is 6.24. The van der Waals surface area contributed by atoms with E-state index in [9.17, 15) is 18.0 Å². The number of anilines is 1. The Morgan fingerprint density at radius 3 is 2.77 bits per heavy atom. The topological polar surface area (TPSA) is 96.4 Å². The van der Waals surface area contributed by atoms with Crippen molar-refractivity contribution >= 4 is 38.1 Å². The van der Waals surface area contributed by atoms with E-state index < -0.39 is 15.9 Å². The molecule has 1 aliphatic heterocycles. The van der Waals surface area contributed by atoms with E-state index in [4.69, 9.17) is 0 Å². The third-order valence-electron chi connectivity index (χ3n) is 4.31. The number of carbonyl (C=O) groups is 2. The number of sulfone groups is 1. The molecule has 3 rings (SSSR count). The zero-order valence-corrected chi connectivity index (χ0v) is 16.1. The predicted molar refractivity (Wildman–Crippen MR) is 99.1 cm³/mol. The molecule has 2 heterocycles. The highest BCUT2D eigenvalue weighted by atomic mass is 32.2. The number of likely N-dealkylation sites (tertiary alicyclic amines) is 1. The fourth-order valence-electron chi connectivity index (χ4n) is 3.05. The molecule has 1 aliphatic rings. The fourth-order valence-corrected chi connectivity index (χ4v) is 4.58. The van der Waals surface area contributed by atoms with Crippen LogP contribution in [0, 0.1) is 6.92 Å². The lowest BCUT2D eigenvalue weighted by Crippen LogP contribution is -2.43. The number of amides is 2. The maximum Gasteiger partial charge on any atom is 0.254 e. The highest BCUT2D eigenvalue weighted by molar-refractivity contribution is 7.90. The summed E-state index contributed by atoms with van der Waals surface area (Å²) in [5.41, 5.74) is 0.855. The zero-order chi connectivity index (χ0) is 18.9. The number of nitrogens with one attached hydrogen (secondary N) is 1. The summed E-state index contributed by atoms with van der Waals surface area (Å²) < 4.78 is 23.8. The Morgan fingerprint density at radius 1 is 1.35 bits per heavy atom. The first kappa shape index (κ1) is 18.5. The van der Waals surface area contributed by atoms with Crippen LogP contribution in [0.2, 0.25) is 0 Å². The maximum absolute atomic E-state index is 12.9. The molecule has 1 unspecified atom stereocenters. The number of benzene rings is 1. The minimum atomic E-state index is -3.43. The molecule has 1 aromatic heterocycles. The van der Waals surface area contributed by atoms with Crippen LogP contribution in [0.5, 0.6) is 0 Å². The van der Waals surface area contributed by atoms with Crippen molar-refractivity contribution < 1.29 is 18.0 Å². The van der Waals surface area contributed by atoms with Crippen LogP contribution in [0.4, 0.5) is 5.13 Å². The van der Waals surface area contributed by atoms with Crippen molar-refractivity contribution in [3.05, 3.63) is 40.9 Å². The second-order valence-corrected chi connectivity index (χ2v) is 9.11. The van der Waals surface area contributed by atoms with Crippen LogP contribution in [0.1, 0.15) is 28.8 Å². The summed E-state index contributed by atoms with van der Waals surface area (Å²) in [5.74, 6) is -0.618. The van der Waals surface area contributed by atoms with Gasteiger partial charge in [0.1, 0.15) is 6.04 Å². The molecule has 0 aliphatic carbocycles. The van der Waals surface area contributed by atoms with Gasteiger partial charge in [-0.3, -0.25) is 9.59 Å². The number of hydrogen-bond donors (Lipinski definition) is 1. The molecule has 0 saturated carbocycles. The van der Waals surface area contributed by atoms with Gasteiger partial charge in [-0.25, -0.2) is 13.4 Å². The summed E-state index contributed by atoms with van der Waals surface area (Å²) in [5, 5.41) is 4.97. The summed E-state index contributed by atoms with van der Waals surface area (Å²) in [4.78, 5) is 31.0. The molecule has 7 nitrogen and oxygen atoms in total. The van der Waals surface area contributed by atoms with E-state index in [1.165, 1.54) is 22.3 Å². The Bertz CT molecular complexity index is 939. The highest BCUT2D eigenvalue weighted by Crippen LogP contribution is 2.24. The third kappa shape index (κ3) is 3.78. The van der Waals surface area contributed by atoms with Crippen molar-refractivity contribution in [2.75, 3.05) is 18.1 Å². The number of rotatable bonds is 4. The average molecular weight is 393 g/mol. The Labute approximate surface area is 156 Å².